The minimum atomic E-state index is -0.935. The van der Waals surface area contributed by atoms with E-state index < -0.39 is 11.9 Å². The monoisotopic (exact) mass is 278 g/mol. The fourth-order valence-electron chi connectivity index (χ4n) is 1.50. The van der Waals surface area contributed by atoms with Crippen molar-refractivity contribution in [2.75, 3.05) is 18.9 Å². The Morgan fingerprint density at radius 2 is 2.05 bits per heavy atom. The molecule has 0 aliphatic rings. The minimum absolute atomic E-state index is 0.138. The Bertz CT molecular complexity index is 484. The summed E-state index contributed by atoms with van der Waals surface area (Å²) in [6, 6.07) is 6.39. The molecule has 0 fully saturated rings. The average molecular weight is 278 g/mol. The zero-order chi connectivity index (χ0) is 15.1. The SMILES string of the molecule is C=COc1ccc(NC(=O)N(C)CC(C)C(=O)O)cc1. The number of urea groups is 1. The summed E-state index contributed by atoms with van der Waals surface area (Å²) in [7, 11) is 1.55. The van der Waals surface area contributed by atoms with Crippen molar-refractivity contribution >= 4 is 17.7 Å². The van der Waals surface area contributed by atoms with Crippen LogP contribution in [0.25, 0.3) is 0 Å². The summed E-state index contributed by atoms with van der Waals surface area (Å²) in [6.45, 7) is 5.13. The van der Waals surface area contributed by atoms with Gasteiger partial charge in [-0.05, 0) is 24.3 Å². The van der Waals surface area contributed by atoms with E-state index in [1.807, 2.05) is 0 Å². The van der Waals surface area contributed by atoms with Gasteiger partial charge in [0.05, 0.1) is 12.2 Å². The molecule has 1 atom stereocenters. The van der Waals surface area contributed by atoms with Gasteiger partial charge in [0.2, 0.25) is 0 Å². The Morgan fingerprint density at radius 3 is 2.55 bits per heavy atom. The Balaban J connectivity index is 2.56. The number of aliphatic carboxylic acids is 1. The number of amides is 2. The number of nitrogens with one attached hydrogen (secondary N) is 1. The van der Waals surface area contributed by atoms with Gasteiger partial charge in [-0.3, -0.25) is 4.79 Å². The standard InChI is InChI=1S/C14H18N2O4/c1-4-20-12-7-5-11(6-8-12)15-14(19)16(3)9-10(2)13(17)18/h4-8,10H,1,9H2,2-3H3,(H,15,19)(H,17,18). The van der Waals surface area contributed by atoms with Crippen molar-refractivity contribution in [3.05, 3.63) is 37.1 Å². The van der Waals surface area contributed by atoms with E-state index in [0.29, 0.717) is 11.4 Å². The third-order valence-electron chi connectivity index (χ3n) is 2.64. The van der Waals surface area contributed by atoms with Crippen molar-refractivity contribution in [2.24, 2.45) is 5.92 Å². The molecule has 2 N–H and O–H groups in total. The lowest BCUT2D eigenvalue weighted by Gasteiger charge is -2.20. The van der Waals surface area contributed by atoms with E-state index in [4.69, 9.17) is 9.84 Å². The number of ether oxygens (including phenoxy) is 1. The molecule has 0 aliphatic carbocycles. The zero-order valence-corrected chi connectivity index (χ0v) is 11.5. The Kier molecular flexibility index (Phi) is 5.58. The first kappa shape index (κ1) is 15.6. The molecule has 1 aromatic rings. The normalized spacial score (nSPS) is 11.3. The van der Waals surface area contributed by atoms with Gasteiger partial charge in [-0.25, -0.2) is 4.79 Å². The molecule has 0 heterocycles. The van der Waals surface area contributed by atoms with E-state index in [9.17, 15) is 9.59 Å². The summed E-state index contributed by atoms with van der Waals surface area (Å²) in [4.78, 5) is 23.9. The second-order valence-electron chi connectivity index (χ2n) is 4.36. The molecule has 2 amide bonds. The van der Waals surface area contributed by atoms with Crippen LogP contribution in [0.5, 0.6) is 5.75 Å². The lowest BCUT2D eigenvalue weighted by molar-refractivity contribution is -0.141. The Labute approximate surface area is 117 Å². The number of carbonyl (C=O) groups is 2. The number of anilines is 1. The predicted octanol–water partition coefficient (Wildman–Crippen LogP) is 2.39. The molecule has 0 bridgehead atoms. The first-order valence-corrected chi connectivity index (χ1v) is 6.06. The van der Waals surface area contributed by atoms with E-state index in [-0.39, 0.29) is 12.6 Å². The number of hydrogen-bond donors (Lipinski definition) is 2. The number of carboxylic acids is 1. The topological polar surface area (TPSA) is 78.9 Å². The van der Waals surface area contributed by atoms with Crippen LogP contribution in [-0.4, -0.2) is 35.6 Å². The van der Waals surface area contributed by atoms with Crippen molar-refractivity contribution in [2.45, 2.75) is 6.92 Å². The molecule has 0 aliphatic heterocycles. The number of hydrogen-bond acceptors (Lipinski definition) is 3. The molecule has 108 valence electrons. The Morgan fingerprint density at radius 1 is 1.45 bits per heavy atom. The Hall–Kier alpha value is -2.50. The molecular formula is C14H18N2O4. The molecule has 1 unspecified atom stereocenters. The third kappa shape index (κ3) is 4.64. The van der Waals surface area contributed by atoms with Gasteiger partial charge in [0.25, 0.3) is 0 Å². The van der Waals surface area contributed by atoms with E-state index in [0.717, 1.165) is 0 Å². The predicted molar refractivity (Wildman–Crippen MR) is 75.7 cm³/mol. The van der Waals surface area contributed by atoms with Gasteiger partial charge < -0.3 is 20.1 Å². The van der Waals surface area contributed by atoms with Crippen LogP contribution in [-0.2, 0) is 4.79 Å². The summed E-state index contributed by atoms with van der Waals surface area (Å²) < 4.78 is 5.07. The highest BCUT2D eigenvalue weighted by atomic mass is 16.5. The molecule has 0 saturated heterocycles. The molecule has 0 aromatic heterocycles. The van der Waals surface area contributed by atoms with Gasteiger partial charge in [-0.1, -0.05) is 13.5 Å². The first-order valence-electron chi connectivity index (χ1n) is 6.06. The van der Waals surface area contributed by atoms with Crippen LogP contribution in [0.2, 0.25) is 0 Å². The highest BCUT2D eigenvalue weighted by Crippen LogP contribution is 2.16. The molecule has 6 nitrogen and oxygen atoms in total. The van der Waals surface area contributed by atoms with Crippen molar-refractivity contribution in [3.63, 3.8) is 0 Å². The van der Waals surface area contributed by atoms with Crippen LogP contribution < -0.4 is 10.1 Å². The number of nitrogens with zero attached hydrogens (tertiary/aromatic N) is 1. The van der Waals surface area contributed by atoms with Gasteiger partial charge in [-0.15, -0.1) is 0 Å². The number of rotatable bonds is 6. The fourth-order valence-corrected chi connectivity index (χ4v) is 1.50. The van der Waals surface area contributed by atoms with Crippen LogP contribution in [0, 0.1) is 5.92 Å². The van der Waals surface area contributed by atoms with Crippen LogP contribution in [0.15, 0.2) is 37.1 Å². The molecule has 20 heavy (non-hydrogen) atoms. The van der Waals surface area contributed by atoms with Crippen LogP contribution in [0.4, 0.5) is 10.5 Å². The van der Waals surface area contributed by atoms with Crippen molar-refractivity contribution < 1.29 is 19.4 Å². The molecule has 1 rings (SSSR count). The number of carbonyl (C=O) groups excluding carboxylic acids is 1. The molecule has 0 radical (unpaired) electrons. The molecule has 6 heteroatoms. The van der Waals surface area contributed by atoms with Gasteiger partial charge in [0.1, 0.15) is 5.75 Å². The maximum atomic E-state index is 11.9. The van der Waals surface area contributed by atoms with Crippen LogP contribution in [0.3, 0.4) is 0 Å². The van der Waals surface area contributed by atoms with Gasteiger partial charge in [0.15, 0.2) is 0 Å². The number of carboxylic acid groups (broad SMARTS) is 1. The van der Waals surface area contributed by atoms with E-state index in [2.05, 4.69) is 11.9 Å². The second-order valence-corrected chi connectivity index (χ2v) is 4.36. The zero-order valence-electron chi connectivity index (χ0n) is 11.5. The van der Waals surface area contributed by atoms with Crippen LogP contribution in [0.1, 0.15) is 6.92 Å². The maximum Gasteiger partial charge on any atom is 0.321 e. The fraction of sp³-hybridized carbons (Fsp3) is 0.286. The second kappa shape index (κ2) is 7.18. The average Bonchev–Trinajstić information content (AvgIpc) is 2.41. The van der Waals surface area contributed by atoms with Crippen molar-refractivity contribution in [1.82, 2.24) is 4.90 Å². The summed E-state index contributed by atoms with van der Waals surface area (Å²) in [5.41, 5.74) is 0.598. The lowest BCUT2D eigenvalue weighted by atomic mass is 10.2. The molecular weight excluding hydrogens is 260 g/mol. The van der Waals surface area contributed by atoms with Crippen molar-refractivity contribution in [1.29, 1.82) is 0 Å². The number of benzene rings is 1. The van der Waals surface area contributed by atoms with Crippen molar-refractivity contribution in [3.8, 4) is 5.75 Å². The van der Waals surface area contributed by atoms with E-state index in [1.54, 1.807) is 38.2 Å². The largest absolute Gasteiger partial charge is 0.481 e. The lowest BCUT2D eigenvalue weighted by Crippen LogP contribution is -2.36. The molecule has 0 spiro atoms. The summed E-state index contributed by atoms with van der Waals surface area (Å²) in [5.74, 6) is -0.935. The quantitative estimate of drug-likeness (QED) is 0.783. The minimum Gasteiger partial charge on any atom is -0.481 e. The summed E-state index contributed by atoms with van der Waals surface area (Å²) in [5, 5.41) is 11.5. The van der Waals surface area contributed by atoms with Gasteiger partial charge in [-0.2, -0.15) is 0 Å². The molecule has 1 aromatic carbocycles. The van der Waals surface area contributed by atoms with Gasteiger partial charge >= 0.3 is 12.0 Å². The maximum absolute atomic E-state index is 11.9. The van der Waals surface area contributed by atoms with E-state index in [1.165, 1.54) is 11.2 Å². The first-order chi connectivity index (χ1) is 9.43. The van der Waals surface area contributed by atoms with E-state index >= 15 is 0 Å². The summed E-state index contributed by atoms with van der Waals surface area (Å²) >= 11 is 0. The molecule has 0 saturated carbocycles. The highest BCUT2D eigenvalue weighted by Gasteiger charge is 2.17. The third-order valence-corrected chi connectivity index (χ3v) is 2.64. The highest BCUT2D eigenvalue weighted by molar-refractivity contribution is 5.89. The smallest absolute Gasteiger partial charge is 0.321 e. The van der Waals surface area contributed by atoms with Gasteiger partial charge in [0, 0.05) is 19.3 Å². The van der Waals surface area contributed by atoms with Crippen LogP contribution >= 0.6 is 0 Å². The summed E-state index contributed by atoms with van der Waals surface area (Å²) in [6.07, 6.45) is 1.31.